The van der Waals surface area contributed by atoms with E-state index < -0.39 is 26.7 Å². The summed E-state index contributed by atoms with van der Waals surface area (Å²) >= 11 is 7.18. The van der Waals surface area contributed by atoms with E-state index in [0.717, 1.165) is 27.4 Å². The number of nitrogens with one attached hydrogen (secondary N) is 1. The minimum atomic E-state index is -4.63. The van der Waals surface area contributed by atoms with Gasteiger partial charge in [-0.2, -0.15) is 17.5 Å². The van der Waals surface area contributed by atoms with Gasteiger partial charge in [0.25, 0.3) is 0 Å². The Morgan fingerprint density at radius 2 is 1.83 bits per heavy atom. The lowest BCUT2D eigenvalue weighted by molar-refractivity contribution is -0.137. The van der Waals surface area contributed by atoms with Crippen LogP contribution in [-0.4, -0.2) is 49.8 Å². The molecule has 1 aromatic heterocycles. The lowest BCUT2D eigenvalue weighted by Crippen LogP contribution is -2.52. The van der Waals surface area contributed by atoms with Crippen molar-refractivity contribution in [2.75, 3.05) is 26.2 Å². The molecular weight excluding hydrogens is 451 g/mol. The van der Waals surface area contributed by atoms with Crippen molar-refractivity contribution in [1.29, 1.82) is 0 Å². The lowest BCUT2D eigenvalue weighted by atomic mass is 10.2. The van der Waals surface area contributed by atoms with Crippen LogP contribution in [0.4, 0.5) is 18.0 Å². The van der Waals surface area contributed by atoms with Crippen molar-refractivity contribution in [3.05, 3.63) is 51.2 Å². The minimum absolute atomic E-state index is 0.00315. The van der Waals surface area contributed by atoms with Gasteiger partial charge in [0.15, 0.2) is 0 Å². The van der Waals surface area contributed by atoms with Crippen LogP contribution in [0.5, 0.6) is 0 Å². The van der Waals surface area contributed by atoms with Gasteiger partial charge in [0.1, 0.15) is 0 Å². The smallest absolute Gasteiger partial charge is 0.333 e. The number of hydrogen-bond donors (Lipinski definition) is 1. The Kier molecular flexibility index (Phi) is 6.42. The zero-order chi connectivity index (χ0) is 21.2. The third kappa shape index (κ3) is 5.21. The predicted octanol–water partition coefficient (Wildman–Crippen LogP) is 3.64. The van der Waals surface area contributed by atoms with Crippen LogP contribution in [0.3, 0.4) is 0 Å². The van der Waals surface area contributed by atoms with Crippen molar-refractivity contribution in [1.82, 2.24) is 14.5 Å². The Morgan fingerprint density at radius 3 is 2.41 bits per heavy atom. The van der Waals surface area contributed by atoms with Crippen molar-refractivity contribution in [3.8, 4) is 0 Å². The van der Waals surface area contributed by atoms with Gasteiger partial charge in [-0.25, -0.2) is 13.2 Å². The molecule has 1 aliphatic rings. The highest BCUT2D eigenvalue weighted by Gasteiger charge is 2.34. The summed E-state index contributed by atoms with van der Waals surface area (Å²) < 4.78 is 65.7. The van der Waals surface area contributed by atoms with Crippen molar-refractivity contribution in [2.24, 2.45) is 0 Å². The summed E-state index contributed by atoms with van der Waals surface area (Å²) in [6.45, 7) is 0.567. The van der Waals surface area contributed by atoms with E-state index in [1.165, 1.54) is 16.2 Å². The second-order valence-electron chi connectivity index (χ2n) is 6.28. The molecule has 0 atom stereocenters. The summed E-state index contributed by atoms with van der Waals surface area (Å²) in [5.74, 6) is 0. The van der Waals surface area contributed by atoms with E-state index in [1.807, 2.05) is 0 Å². The molecule has 0 spiro atoms. The zero-order valence-electron chi connectivity index (χ0n) is 14.9. The largest absolute Gasteiger partial charge is 0.416 e. The maximum atomic E-state index is 12.9. The number of halogens is 4. The minimum Gasteiger partial charge on any atom is -0.333 e. The standard InChI is InChI=1S/C17H17ClF3N3O3S2/c18-15-5-4-13(28-15)11-22-16(25)23-6-8-24(9-7-23)29(26,27)14-3-1-2-12(10-14)17(19,20)21/h1-5,10H,6-9,11H2,(H,22,25). The number of nitrogens with zero attached hydrogens (tertiary/aromatic N) is 2. The molecule has 0 bridgehead atoms. The Balaban J connectivity index is 1.60. The number of alkyl halides is 3. The summed E-state index contributed by atoms with van der Waals surface area (Å²) in [7, 11) is -4.08. The van der Waals surface area contributed by atoms with E-state index in [-0.39, 0.29) is 32.2 Å². The molecule has 0 aliphatic carbocycles. The fourth-order valence-electron chi connectivity index (χ4n) is 2.83. The topological polar surface area (TPSA) is 69.7 Å². The number of thiophene rings is 1. The Bertz CT molecular complexity index is 987. The van der Waals surface area contributed by atoms with Crippen LogP contribution in [0.25, 0.3) is 0 Å². The monoisotopic (exact) mass is 467 g/mol. The third-order valence-electron chi connectivity index (χ3n) is 4.37. The van der Waals surface area contributed by atoms with Crippen LogP contribution in [0.15, 0.2) is 41.3 Å². The Hall–Kier alpha value is -1.82. The highest BCUT2D eigenvalue weighted by atomic mass is 35.5. The summed E-state index contributed by atoms with van der Waals surface area (Å²) in [6, 6.07) is 6.83. The summed E-state index contributed by atoms with van der Waals surface area (Å²) in [5, 5.41) is 2.74. The van der Waals surface area contributed by atoms with E-state index in [4.69, 9.17) is 11.6 Å². The molecule has 2 heterocycles. The molecule has 6 nitrogen and oxygen atoms in total. The van der Waals surface area contributed by atoms with Crippen LogP contribution >= 0.6 is 22.9 Å². The first-order valence-corrected chi connectivity index (χ1v) is 11.2. The molecule has 158 valence electrons. The first kappa shape index (κ1) is 21.9. The van der Waals surface area contributed by atoms with Gasteiger partial charge < -0.3 is 10.2 Å². The van der Waals surface area contributed by atoms with Gasteiger partial charge in [-0.15, -0.1) is 11.3 Å². The predicted molar refractivity (Wildman–Crippen MR) is 103 cm³/mol. The molecule has 12 heteroatoms. The molecule has 1 aromatic carbocycles. The number of benzene rings is 1. The highest BCUT2D eigenvalue weighted by molar-refractivity contribution is 7.89. The highest BCUT2D eigenvalue weighted by Crippen LogP contribution is 2.31. The average molecular weight is 468 g/mol. The maximum Gasteiger partial charge on any atom is 0.416 e. The van der Waals surface area contributed by atoms with Crippen LogP contribution in [0.2, 0.25) is 4.34 Å². The van der Waals surface area contributed by atoms with Crippen molar-refractivity contribution in [3.63, 3.8) is 0 Å². The summed E-state index contributed by atoms with van der Waals surface area (Å²) in [4.78, 5) is 14.2. The number of urea groups is 1. The molecule has 0 unspecified atom stereocenters. The summed E-state index contributed by atoms with van der Waals surface area (Å²) in [5.41, 5.74) is -1.02. The number of amides is 2. The van der Waals surface area contributed by atoms with Gasteiger partial charge in [-0.05, 0) is 30.3 Å². The Morgan fingerprint density at radius 1 is 1.14 bits per heavy atom. The second-order valence-corrected chi connectivity index (χ2v) is 10.0. The molecule has 1 saturated heterocycles. The second kappa shape index (κ2) is 8.50. The van der Waals surface area contributed by atoms with E-state index >= 15 is 0 Å². The number of carbonyl (C=O) groups is 1. The maximum absolute atomic E-state index is 12.9. The van der Waals surface area contributed by atoms with Crippen LogP contribution in [0.1, 0.15) is 10.4 Å². The molecule has 1 N–H and O–H groups in total. The molecule has 1 aliphatic heterocycles. The fraction of sp³-hybridized carbons (Fsp3) is 0.353. The molecule has 29 heavy (non-hydrogen) atoms. The van der Waals surface area contributed by atoms with E-state index in [0.29, 0.717) is 16.9 Å². The lowest BCUT2D eigenvalue weighted by Gasteiger charge is -2.34. The van der Waals surface area contributed by atoms with E-state index in [1.54, 1.807) is 12.1 Å². The zero-order valence-corrected chi connectivity index (χ0v) is 17.3. The third-order valence-corrected chi connectivity index (χ3v) is 7.49. The van der Waals surface area contributed by atoms with Gasteiger partial charge >= 0.3 is 12.2 Å². The molecule has 0 saturated carbocycles. The first-order valence-electron chi connectivity index (χ1n) is 8.52. The van der Waals surface area contributed by atoms with Crippen molar-refractivity contribution >= 4 is 39.0 Å². The molecule has 3 rings (SSSR count). The van der Waals surface area contributed by atoms with Gasteiger partial charge in [0.2, 0.25) is 10.0 Å². The van der Waals surface area contributed by atoms with Gasteiger partial charge in [0.05, 0.1) is 21.3 Å². The number of hydrogen-bond acceptors (Lipinski definition) is 4. The van der Waals surface area contributed by atoms with Gasteiger partial charge in [-0.3, -0.25) is 0 Å². The Labute approximate surface area is 174 Å². The van der Waals surface area contributed by atoms with Gasteiger partial charge in [0, 0.05) is 31.1 Å². The van der Waals surface area contributed by atoms with Crippen molar-refractivity contribution in [2.45, 2.75) is 17.6 Å². The quantitative estimate of drug-likeness (QED) is 0.746. The molecule has 0 radical (unpaired) electrons. The first-order chi connectivity index (χ1) is 13.6. The molecule has 1 fully saturated rings. The fourth-order valence-corrected chi connectivity index (χ4v) is 5.33. The number of sulfonamides is 1. The molecule has 2 aromatic rings. The van der Waals surface area contributed by atoms with Gasteiger partial charge in [-0.1, -0.05) is 17.7 Å². The SMILES string of the molecule is O=C(NCc1ccc(Cl)s1)N1CCN(S(=O)(=O)c2cccc(C(F)(F)F)c2)CC1. The number of carbonyl (C=O) groups excluding carboxylic acids is 1. The van der Waals surface area contributed by atoms with Crippen molar-refractivity contribution < 1.29 is 26.4 Å². The summed E-state index contributed by atoms with van der Waals surface area (Å²) in [6.07, 6.45) is -4.63. The van der Waals surface area contributed by atoms with Crippen LogP contribution in [0, 0.1) is 0 Å². The average Bonchev–Trinajstić information content (AvgIpc) is 3.11. The molecule has 2 amide bonds. The number of piperazine rings is 1. The van der Waals surface area contributed by atoms with Crippen LogP contribution in [-0.2, 0) is 22.7 Å². The van der Waals surface area contributed by atoms with E-state index in [2.05, 4.69) is 5.32 Å². The normalized spacial score (nSPS) is 16.1. The van der Waals surface area contributed by atoms with E-state index in [9.17, 15) is 26.4 Å². The van der Waals surface area contributed by atoms with Crippen LogP contribution < -0.4 is 5.32 Å². The number of rotatable bonds is 4. The molecular formula is C17H17ClF3N3O3S2.